The molecule has 18 heavy (non-hydrogen) atoms. The maximum Gasteiger partial charge on any atom is 0.309 e. The summed E-state index contributed by atoms with van der Waals surface area (Å²) in [6.45, 7) is 7.30. The highest BCUT2D eigenvalue weighted by atomic mass is 16.4. The number of hydrogen-bond donors (Lipinski definition) is 1. The average molecular weight is 255 g/mol. The predicted molar refractivity (Wildman–Crippen MR) is 70.2 cm³/mol. The van der Waals surface area contributed by atoms with Crippen molar-refractivity contribution in [1.82, 2.24) is 4.90 Å². The first-order chi connectivity index (χ1) is 8.47. The second kappa shape index (κ2) is 6.76. The van der Waals surface area contributed by atoms with Crippen LogP contribution in [0.4, 0.5) is 0 Å². The fraction of sp³-hybridized carbons (Fsp3) is 0.857. The SMILES string of the molecule is CCCCCN1CC(C(=O)O)C(CC(C)C)C1=O. The summed E-state index contributed by atoms with van der Waals surface area (Å²) in [6, 6.07) is 0. The molecular formula is C14H25NO3. The van der Waals surface area contributed by atoms with Crippen LogP contribution in [0.2, 0.25) is 0 Å². The van der Waals surface area contributed by atoms with Crippen LogP contribution in [0.1, 0.15) is 46.5 Å². The molecular weight excluding hydrogens is 230 g/mol. The second-order valence-electron chi connectivity index (χ2n) is 5.67. The zero-order valence-electron chi connectivity index (χ0n) is 11.7. The van der Waals surface area contributed by atoms with Crippen LogP contribution in [0.15, 0.2) is 0 Å². The van der Waals surface area contributed by atoms with Gasteiger partial charge in [0.1, 0.15) is 0 Å². The molecule has 0 aromatic heterocycles. The molecule has 4 heteroatoms. The molecule has 1 aliphatic heterocycles. The van der Waals surface area contributed by atoms with Gasteiger partial charge in [0.15, 0.2) is 0 Å². The molecule has 1 amide bonds. The van der Waals surface area contributed by atoms with Gasteiger partial charge in [0, 0.05) is 13.1 Å². The summed E-state index contributed by atoms with van der Waals surface area (Å²) in [5.74, 6) is -1.25. The molecule has 0 radical (unpaired) electrons. The van der Waals surface area contributed by atoms with Gasteiger partial charge in [-0.3, -0.25) is 9.59 Å². The summed E-state index contributed by atoms with van der Waals surface area (Å²) in [7, 11) is 0. The number of carbonyl (C=O) groups excluding carboxylic acids is 1. The van der Waals surface area contributed by atoms with Crippen LogP contribution in [-0.4, -0.2) is 35.0 Å². The zero-order chi connectivity index (χ0) is 13.7. The Morgan fingerprint density at radius 1 is 1.44 bits per heavy atom. The summed E-state index contributed by atoms with van der Waals surface area (Å²) < 4.78 is 0. The van der Waals surface area contributed by atoms with Crippen LogP contribution in [0.25, 0.3) is 0 Å². The van der Waals surface area contributed by atoms with E-state index in [1.54, 1.807) is 4.90 Å². The van der Waals surface area contributed by atoms with Crippen molar-refractivity contribution in [3.8, 4) is 0 Å². The number of likely N-dealkylation sites (tertiary alicyclic amines) is 1. The minimum absolute atomic E-state index is 0.0483. The first-order valence-corrected chi connectivity index (χ1v) is 6.99. The Bertz CT molecular complexity index is 301. The predicted octanol–water partition coefficient (Wildman–Crippen LogP) is 2.38. The number of carbonyl (C=O) groups is 2. The standard InChI is InChI=1S/C14H25NO3/c1-4-5-6-7-15-9-12(14(17)18)11(13(15)16)8-10(2)3/h10-12H,4-9H2,1-3H3,(H,17,18). The smallest absolute Gasteiger partial charge is 0.309 e. The van der Waals surface area contributed by atoms with E-state index in [9.17, 15) is 14.7 Å². The van der Waals surface area contributed by atoms with Gasteiger partial charge in [-0.25, -0.2) is 0 Å². The van der Waals surface area contributed by atoms with E-state index in [4.69, 9.17) is 0 Å². The highest BCUT2D eigenvalue weighted by Crippen LogP contribution is 2.30. The summed E-state index contributed by atoms with van der Waals surface area (Å²) in [6.07, 6.45) is 3.86. The fourth-order valence-electron chi connectivity index (χ4n) is 2.64. The third-order valence-electron chi connectivity index (χ3n) is 3.61. The summed E-state index contributed by atoms with van der Waals surface area (Å²) >= 11 is 0. The Hall–Kier alpha value is -1.06. The molecule has 0 aromatic rings. The summed E-state index contributed by atoms with van der Waals surface area (Å²) in [4.78, 5) is 25.2. The minimum atomic E-state index is -0.827. The van der Waals surface area contributed by atoms with Crippen LogP contribution in [0, 0.1) is 17.8 Å². The molecule has 1 saturated heterocycles. The molecule has 2 unspecified atom stereocenters. The quantitative estimate of drug-likeness (QED) is 0.711. The van der Waals surface area contributed by atoms with Crippen LogP contribution in [0.5, 0.6) is 0 Å². The number of aliphatic carboxylic acids is 1. The van der Waals surface area contributed by atoms with E-state index < -0.39 is 11.9 Å². The number of carboxylic acid groups (broad SMARTS) is 1. The van der Waals surface area contributed by atoms with E-state index in [1.165, 1.54) is 0 Å². The van der Waals surface area contributed by atoms with Crippen molar-refractivity contribution in [2.75, 3.05) is 13.1 Å². The van der Waals surface area contributed by atoms with Gasteiger partial charge in [-0.15, -0.1) is 0 Å². The van der Waals surface area contributed by atoms with Crippen LogP contribution in [-0.2, 0) is 9.59 Å². The number of carboxylic acids is 1. The molecule has 0 aliphatic carbocycles. The molecule has 1 N–H and O–H groups in total. The molecule has 0 bridgehead atoms. The molecule has 1 fully saturated rings. The fourth-order valence-corrected chi connectivity index (χ4v) is 2.64. The van der Waals surface area contributed by atoms with E-state index in [-0.39, 0.29) is 11.8 Å². The molecule has 0 saturated carbocycles. The third kappa shape index (κ3) is 3.72. The van der Waals surface area contributed by atoms with Crippen molar-refractivity contribution in [3.05, 3.63) is 0 Å². The largest absolute Gasteiger partial charge is 0.481 e. The Labute approximate surface area is 109 Å². The van der Waals surface area contributed by atoms with Crippen molar-refractivity contribution in [1.29, 1.82) is 0 Å². The van der Waals surface area contributed by atoms with Gasteiger partial charge in [0.25, 0.3) is 0 Å². The molecule has 0 aromatic carbocycles. The number of amides is 1. The van der Waals surface area contributed by atoms with Crippen LogP contribution < -0.4 is 0 Å². The Morgan fingerprint density at radius 2 is 2.11 bits per heavy atom. The van der Waals surface area contributed by atoms with E-state index in [0.29, 0.717) is 25.4 Å². The Balaban J connectivity index is 2.64. The number of rotatable bonds is 7. The maximum atomic E-state index is 12.2. The highest BCUT2D eigenvalue weighted by Gasteiger charge is 2.43. The Morgan fingerprint density at radius 3 is 2.61 bits per heavy atom. The number of hydrogen-bond acceptors (Lipinski definition) is 2. The van der Waals surface area contributed by atoms with Gasteiger partial charge < -0.3 is 10.0 Å². The van der Waals surface area contributed by atoms with Crippen molar-refractivity contribution in [3.63, 3.8) is 0 Å². The van der Waals surface area contributed by atoms with Crippen molar-refractivity contribution >= 4 is 11.9 Å². The number of unbranched alkanes of at least 4 members (excludes halogenated alkanes) is 2. The van der Waals surface area contributed by atoms with E-state index in [0.717, 1.165) is 19.3 Å². The van der Waals surface area contributed by atoms with Gasteiger partial charge in [0.05, 0.1) is 11.8 Å². The van der Waals surface area contributed by atoms with Crippen molar-refractivity contribution in [2.24, 2.45) is 17.8 Å². The molecule has 1 heterocycles. The molecule has 0 spiro atoms. The van der Waals surface area contributed by atoms with Crippen molar-refractivity contribution in [2.45, 2.75) is 46.5 Å². The third-order valence-corrected chi connectivity index (χ3v) is 3.61. The lowest BCUT2D eigenvalue weighted by molar-refractivity contribution is -0.144. The van der Waals surface area contributed by atoms with Crippen molar-refractivity contribution < 1.29 is 14.7 Å². The second-order valence-corrected chi connectivity index (χ2v) is 5.67. The van der Waals surface area contributed by atoms with Gasteiger partial charge >= 0.3 is 5.97 Å². The molecule has 1 rings (SSSR count). The van der Waals surface area contributed by atoms with Gasteiger partial charge in [0.2, 0.25) is 5.91 Å². The molecule has 104 valence electrons. The first kappa shape index (κ1) is 15.0. The van der Waals surface area contributed by atoms with E-state index >= 15 is 0 Å². The Kier molecular flexibility index (Phi) is 5.63. The normalized spacial score (nSPS) is 24.0. The topological polar surface area (TPSA) is 57.6 Å². The highest BCUT2D eigenvalue weighted by molar-refractivity contribution is 5.88. The van der Waals surface area contributed by atoms with Gasteiger partial charge in [-0.2, -0.15) is 0 Å². The molecule has 2 atom stereocenters. The lowest BCUT2D eigenvalue weighted by Crippen LogP contribution is -2.28. The van der Waals surface area contributed by atoms with E-state index in [2.05, 4.69) is 6.92 Å². The summed E-state index contributed by atoms with van der Waals surface area (Å²) in [5.41, 5.74) is 0. The monoisotopic (exact) mass is 255 g/mol. The first-order valence-electron chi connectivity index (χ1n) is 6.99. The summed E-state index contributed by atoms with van der Waals surface area (Å²) in [5, 5.41) is 9.22. The zero-order valence-corrected chi connectivity index (χ0v) is 11.7. The lowest BCUT2D eigenvalue weighted by Gasteiger charge is -2.17. The maximum absolute atomic E-state index is 12.2. The van der Waals surface area contributed by atoms with Crippen LogP contribution >= 0.6 is 0 Å². The molecule has 1 aliphatic rings. The lowest BCUT2D eigenvalue weighted by atomic mass is 9.88. The van der Waals surface area contributed by atoms with Gasteiger partial charge in [-0.1, -0.05) is 33.6 Å². The average Bonchev–Trinajstić information content (AvgIpc) is 2.57. The molecule has 4 nitrogen and oxygen atoms in total. The van der Waals surface area contributed by atoms with Crippen LogP contribution in [0.3, 0.4) is 0 Å². The minimum Gasteiger partial charge on any atom is -0.481 e. The van der Waals surface area contributed by atoms with Gasteiger partial charge in [-0.05, 0) is 18.8 Å². The van der Waals surface area contributed by atoms with E-state index in [1.807, 2.05) is 13.8 Å². The number of nitrogens with zero attached hydrogens (tertiary/aromatic N) is 1.